The maximum absolute atomic E-state index is 12.6. The SMILES string of the molecule is Cc1cccc(-c2nccc(Nc3ccnc(Nc4ccc(NC(=O)C5CCNCC5)c(C)c4)n3)n2)n1. The molecule has 1 aliphatic heterocycles. The Hall–Kier alpha value is -4.44. The number of amides is 1. The van der Waals surface area contributed by atoms with Crippen molar-refractivity contribution in [2.45, 2.75) is 26.7 Å². The lowest BCUT2D eigenvalue weighted by molar-refractivity contribution is -0.120. The van der Waals surface area contributed by atoms with Crippen molar-refractivity contribution in [3.8, 4) is 11.5 Å². The van der Waals surface area contributed by atoms with Crippen molar-refractivity contribution >= 4 is 34.9 Å². The van der Waals surface area contributed by atoms with Gasteiger partial charge in [-0.05, 0) is 87.8 Å². The Bertz CT molecular complexity index is 1400. The number of anilines is 5. The number of benzene rings is 1. The molecule has 10 heteroatoms. The summed E-state index contributed by atoms with van der Waals surface area (Å²) in [5.74, 6) is 2.29. The van der Waals surface area contributed by atoms with Crippen molar-refractivity contribution in [3.05, 3.63) is 72.2 Å². The third kappa shape index (κ3) is 6.22. The van der Waals surface area contributed by atoms with Crippen LogP contribution in [0.1, 0.15) is 24.1 Å². The van der Waals surface area contributed by atoms with E-state index in [1.165, 1.54) is 0 Å². The lowest BCUT2D eigenvalue weighted by Gasteiger charge is -2.22. The molecular formula is C27H29N9O. The van der Waals surface area contributed by atoms with Gasteiger partial charge < -0.3 is 21.3 Å². The molecule has 188 valence electrons. The number of aryl methyl sites for hydroxylation is 2. The second-order valence-electron chi connectivity index (χ2n) is 8.99. The number of rotatable bonds is 7. The third-order valence-corrected chi connectivity index (χ3v) is 6.14. The average Bonchev–Trinajstić information content (AvgIpc) is 2.91. The zero-order valence-corrected chi connectivity index (χ0v) is 20.8. The molecule has 0 saturated carbocycles. The van der Waals surface area contributed by atoms with E-state index in [4.69, 9.17) is 0 Å². The number of nitrogens with one attached hydrogen (secondary N) is 4. The van der Waals surface area contributed by atoms with Gasteiger partial charge in [-0.3, -0.25) is 4.79 Å². The van der Waals surface area contributed by atoms with Gasteiger partial charge in [0.1, 0.15) is 17.3 Å². The zero-order valence-electron chi connectivity index (χ0n) is 20.8. The minimum atomic E-state index is 0.0566. The Labute approximate surface area is 215 Å². The molecule has 0 aliphatic carbocycles. The van der Waals surface area contributed by atoms with E-state index < -0.39 is 0 Å². The van der Waals surface area contributed by atoms with Crippen molar-refractivity contribution in [2.24, 2.45) is 5.92 Å². The lowest BCUT2D eigenvalue weighted by Crippen LogP contribution is -2.34. The summed E-state index contributed by atoms with van der Waals surface area (Å²) in [5, 5.41) is 12.8. The Morgan fingerprint density at radius 1 is 0.892 bits per heavy atom. The van der Waals surface area contributed by atoms with Gasteiger partial charge in [0.2, 0.25) is 11.9 Å². The van der Waals surface area contributed by atoms with Crippen LogP contribution in [-0.2, 0) is 4.79 Å². The van der Waals surface area contributed by atoms with E-state index in [9.17, 15) is 4.79 Å². The Morgan fingerprint density at radius 3 is 2.46 bits per heavy atom. The van der Waals surface area contributed by atoms with E-state index in [-0.39, 0.29) is 11.8 Å². The van der Waals surface area contributed by atoms with Crippen molar-refractivity contribution in [1.82, 2.24) is 30.2 Å². The van der Waals surface area contributed by atoms with Crippen LogP contribution in [0.5, 0.6) is 0 Å². The van der Waals surface area contributed by atoms with Crippen molar-refractivity contribution in [2.75, 3.05) is 29.0 Å². The predicted octanol–water partition coefficient (Wildman–Crippen LogP) is 4.37. The summed E-state index contributed by atoms with van der Waals surface area (Å²) in [4.78, 5) is 34.9. The fraction of sp³-hybridized carbons (Fsp3) is 0.259. The molecule has 1 amide bonds. The summed E-state index contributed by atoms with van der Waals surface area (Å²) in [6, 6.07) is 15.1. The van der Waals surface area contributed by atoms with Gasteiger partial charge in [0.05, 0.1) is 0 Å². The second kappa shape index (κ2) is 11.1. The van der Waals surface area contributed by atoms with E-state index >= 15 is 0 Å². The fourth-order valence-electron chi connectivity index (χ4n) is 4.17. The van der Waals surface area contributed by atoms with E-state index in [2.05, 4.69) is 46.2 Å². The minimum Gasteiger partial charge on any atom is -0.326 e. The molecule has 0 spiro atoms. The van der Waals surface area contributed by atoms with Gasteiger partial charge in [0.15, 0.2) is 5.82 Å². The average molecular weight is 496 g/mol. The van der Waals surface area contributed by atoms with Crippen LogP contribution in [0.4, 0.5) is 29.0 Å². The molecule has 0 atom stereocenters. The number of hydrogen-bond acceptors (Lipinski definition) is 9. The van der Waals surface area contributed by atoms with Crippen molar-refractivity contribution < 1.29 is 4.79 Å². The first-order valence-corrected chi connectivity index (χ1v) is 12.3. The van der Waals surface area contributed by atoms with Gasteiger partial charge in [-0.1, -0.05) is 6.07 Å². The summed E-state index contributed by atoms with van der Waals surface area (Å²) in [6.45, 7) is 5.67. The maximum atomic E-state index is 12.6. The summed E-state index contributed by atoms with van der Waals surface area (Å²) in [7, 11) is 0. The molecule has 1 aromatic carbocycles. The molecular weight excluding hydrogens is 466 g/mol. The van der Waals surface area contributed by atoms with E-state index in [0.29, 0.717) is 29.1 Å². The molecule has 10 nitrogen and oxygen atoms in total. The summed E-state index contributed by atoms with van der Waals surface area (Å²) >= 11 is 0. The number of pyridine rings is 1. The highest BCUT2D eigenvalue weighted by Crippen LogP contribution is 2.24. The quantitative estimate of drug-likeness (QED) is 0.295. The predicted molar refractivity (Wildman–Crippen MR) is 144 cm³/mol. The molecule has 4 heterocycles. The fourth-order valence-corrected chi connectivity index (χ4v) is 4.17. The Kier molecular flexibility index (Phi) is 7.27. The monoisotopic (exact) mass is 495 g/mol. The smallest absolute Gasteiger partial charge is 0.229 e. The standard InChI is InChI=1S/C27H29N9O/c1-17-16-20(6-7-21(17)33-26(37)19-8-12-28-13-9-19)32-27-30-15-11-24(36-27)34-23-10-14-29-25(35-23)22-5-3-4-18(2)31-22/h3-7,10-11,14-16,19,28H,8-9,12-13H2,1-2H3,(H,33,37)(H2,29,30,32,34,35,36). The molecule has 4 N–H and O–H groups in total. The molecule has 1 saturated heterocycles. The van der Waals surface area contributed by atoms with Crippen LogP contribution in [0.3, 0.4) is 0 Å². The van der Waals surface area contributed by atoms with Crippen LogP contribution in [-0.4, -0.2) is 43.9 Å². The summed E-state index contributed by atoms with van der Waals surface area (Å²) in [6.07, 6.45) is 5.09. The van der Waals surface area contributed by atoms with Gasteiger partial charge in [-0.15, -0.1) is 0 Å². The number of hydrogen-bond donors (Lipinski definition) is 4. The molecule has 5 rings (SSSR count). The number of carbonyl (C=O) groups is 1. The number of nitrogens with zero attached hydrogens (tertiary/aromatic N) is 5. The second-order valence-corrected chi connectivity index (χ2v) is 8.99. The van der Waals surface area contributed by atoms with E-state index in [1.807, 2.05) is 50.2 Å². The van der Waals surface area contributed by atoms with Gasteiger partial charge in [0, 0.05) is 35.4 Å². The first-order chi connectivity index (χ1) is 18.0. The lowest BCUT2D eigenvalue weighted by atomic mass is 9.97. The minimum absolute atomic E-state index is 0.0566. The molecule has 0 radical (unpaired) electrons. The third-order valence-electron chi connectivity index (χ3n) is 6.14. The highest BCUT2D eigenvalue weighted by molar-refractivity contribution is 5.93. The largest absolute Gasteiger partial charge is 0.326 e. The van der Waals surface area contributed by atoms with Gasteiger partial charge in [-0.25, -0.2) is 19.9 Å². The first kappa shape index (κ1) is 24.3. The molecule has 0 unspecified atom stereocenters. The van der Waals surface area contributed by atoms with Gasteiger partial charge in [0.25, 0.3) is 0 Å². The topological polar surface area (TPSA) is 130 Å². The molecule has 0 bridgehead atoms. The number of carbonyl (C=O) groups excluding carboxylic acids is 1. The zero-order chi connectivity index (χ0) is 25.6. The Morgan fingerprint density at radius 2 is 1.68 bits per heavy atom. The normalized spacial score (nSPS) is 13.7. The molecule has 1 aliphatic rings. The van der Waals surface area contributed by atoms with Gasteiger partial charge in [-0.2, -0.15) is 4.98 Å². The van der Waals surface area contributed by atoms with Crippen LogP contribution in [0.25, 0.3) is 11.5 Å². The Balaban J connectivity index is 1.25. The van der Waals surface area contributed by atoms with Gasteiger partial charge >= 0.3 is 0 Å². The number of aromatic nitrogens is 5. The van der Waals surface area contributed by atoms with Crippen LogP contribution in [0.15, 0.2) is 60.9 Å². The summed E-state index contributed by atoms with van der Waals surface area (Å²) < 4.78 is 0. The van der Waals surface area contributed by atoms with Crippen LogP contribution in [0.2, 0.25) is 0 Å². The number of piperidine rings is 1. The summed E-state index contributed by atoms with van der Waals surface area (Å²) in [5.41, 5.74) is 4.20. The molecule has 1 fully saturated rings. The highest BCUT2D eigenvalue weighted by atomic mass is 16.1. The van der Waals surface area contributed by atoms with Crippen molar-refractivity contribution in [3.63, 3.8) is 0 Å². The highest BCUT2D eigenvalue weighted by Gasteiger charge is 2.21. The maximum Gasteiger partial charge on any atom is 0.229 e. The first-order valence-electron chi connectivity index (χ1n) is 12.3. The van der Waals surface area contributed by atoms with E-state index in [1.54, 1.807) is 24.5 Å². The molecule has 37 heavy (non-hydrogen) atoms. The van der Waals surface area contributed by atoms with Crippen LogP contribution in [0, 0.1) is 19.8 Å². The van der Waals surface area contributed by atoms with Crippen molar-refractivity contribution in [1.29, 1.82) is 0 Å². The van der Waals surface area contributed by atoms with Crippen LogP contribution >= 0.6 is 0 Å². The van der Waals surface area contributed by atoms with E-state index in [0.717, 1.165) is 48.6 Å². The van der Waals surface area contributed by atoms with Crippen LogP contribution < -0.4 is 21.3 Å². The molecule has 3 aromatic heterocycles. The molecule has 4 aromatic rings.